The van der Waals surface area contributed by atoms with Crippen LogP contribution in [0.3, 0.4) is 0 Å². The summed E-state index contributed by atoms with van der Waals surface area (Å²) in [5.74, 6) is -0.189. The summed E-state index contributed by atoms with van der Waals surface area (Å²) in [5.41, 5.74) is 2.00. The largest absolute Gasteiger partial charge is 0.376 e. The second kappa shape index (κ2) is 8.01. The number of ether oxygens (including phenoxy) is 1. The Balaban J connectivity index is 2.36. The Hall–Kier alpha value is -1.19. The van der Waals surface area contributed by atoms with Crippen LogP contribution in [0.2, 0.25) is 0 Å². The van der Waals surface area contributed by atoms with Gasteiger partial charge in [-0.05, 0) is 31.0 Å². The van der Waals surface area contributed by atoms with Crippen LogP contribution in [0.4, 0.5) is 4.39 Å². The fourth-order valence-electron chi connectivity index (χ4n) is 1.77. The lowest BCUT2D eigenvalue weighted by atomic mass is 10.0. The van der Waals surface area contributed by atoms with Crippen LogP contribution in [-0.2, 0) is 4.74 Å². The van der Waals surface area contributed by atoms with Crippen molar-refractivity contribution < 1.29 is 9.13 Å². The van der Waals surface area contributed by atoms with Crippen LogP contribution in [0.1, 0.15) is 31.9 Å². The first-order valence-corrected chi connectivity index (χ1v) is 6.34. The highest BCUT2D eigenvalue weighted by atomic mass is 19.1. The van der Waals surface area contributed by atoms with Crippen LogP contribution in [0.5, 0.6) is 0 Å². The molecule has 0 aromatic heterocycles. The topological polar surface area (TPSA) is 21.3 Å². The molecule has 18 heavy (non-hydrogen) atoms. The Kier molecular flexibility index (Phi) is 6.61. The second-order valence-electron chi connectivity index (χ2n) is 4.48. The molecule has 0 saturated heterocycles. The number of hydrogen-bond acceptors (Lipinski definition) is 2. The van der Waals surface area contributed by atoms with Crippen LogP contribution in [0, 0.1) is 5.82 Å². The van der Waals surface area contributed by atoms with E-state index >= 15 is 0 Å². The minimum Gasteiger partial charge on any atom is -0.376 e. The molecule has 0 heterocycles. The predicted molar refractivity (Wildman–Crippen MR) is 73.1 cm³/mol. The molecule has 2 nitrogen and oxygen atoms in total. The van der Waals surface area contributed by atoms with Crippen molar-refractivity contribution in [3.63, 3.8) is 0 Å². The average molecular weight is 251 g/mol. The van der Waals surface area contributed by atoms with Crippen LogP contribution >= 0.6 is 0 Å². The molecular formula is C15H22FNO. The summed E-state index contributed by atoms with van der Waals surface area (Å²) in [6, 6.07) is 6.90. The lowest BCUT2D eigenvalue weighted by molar-refractivity contribution is 0.155. The minimum absolute atomic E-state index is 0.175. The SMILES string of the molecule is C=C(C)COCCNC(CC)c1cccc(F)c1. The van der Waals surface area contributed by atoms with Gasteiger partial charge < -0.3 is 10.1 Å². The van der Waals surface area contributed by atoms with E-state index in [0.29, 0.717) is 13.2 Å². The van der Waals surface area contributed by atoms with E-state index in [9.17, 15) is 4.39 Å². The van der Waals surface area contributed by atoms with E-state index in [4.69, 9.17) is 4.74 Å². The summed E-state index contributed by atoms with van der Waals surface area (Å²) >= 11 is 0. The third-order valence-corrected chi connectivity index (χ3v) is 2.64. The molecule has 1 unspecified atom stereocenters. The van der Waals surface area contributed by atoms with Gasteiger partial charge in [0.2, 0.25) is 0 Å². The molecular weight excluding hydrogens is 229 g/mol. The first-order chi connectivity index (χ1) is 8.63. The number of benzene rings is 1. The predicted octanol–water partition coefficient (Wildman–Crippen LogP) is 3.46. The van der Waals surface area contributed by atoms with Gasteiger partial charge in [-0.1, -0.05) is 31.2 Å². The second-order valence-corrected chi connectivity index (χ2v) is 4.48. The molecule has 1 aromatic carbocycles. The molecule has 0 amide bonds. The standard InChI is InChI=1S/C15H22FNO/c1-4-15(13-6-5-7-14(16)10-13)17-8-9-18-11-12(2)3/h5-7,10,15,17H,2,4,8-9,11H2,1,3H3. The van der Waals surface area contributed by atoms with Gasteiger partial charge in [-0.15, -0.1) is 0 Å². The minimum atomic E-state index is -0.189. The van der Waals surface area contributed by atoms with Gasteiger partial charge in [0.05, 0.1) is 13.2 Å². The van der Waals surface area contributed by atoms with Gasteiger partial charge in [-0.25, -0.2) is 4.39 Å². The molecule has 1 N–H and O–H groups in total. The first kappa shape index (κ1) is 14.9. The summed E-state index contributed by atoms with van der Waals surface area (Å²) in [6.07, 6.45) is 0.921. The Bertz CT molecular complexity index is 379. The summed E-state index contributed by atoms with van der Waals surface area (Å²) in [6.45, 7) is 9.78. The van der Waals surface area contributed by atoms with Crippen LogP contribution in [0.25, 0.3) is 0 Å². The van der Waals surface area contributed by atoms with Crippen LogP contribution in [-0.4, -0.2) is 19.8 Å². The van der Waals surface area contributed by atoms with E-state index in [1.165, 1.54) is 6.07 Å². The third kappa shape index (κ3) is 5.43. The Labute approximate surface area is 109 Å². The van der Waals surface area contributed by atoms with E-state index in [-0.39, 0.29) is 11.9 Å². The summed E-state index contributed by atoms with van der Waals surface area (Å²) < 4.78 is 18.5. The number of hydrogen-bond donors (Lipinski definition) is 1. The van der Waals surface area contributed by atoms with Crippen molar-refractivity contribution >= 4 is 0 Å². The zero-order chi connectivity index (χ0) is 13.4. The van der Waals surface area contributed by atoms with Crippen molar-refractivity contribution in [1.82, 2.24) is 5.32 Å². The molecule has 0 spiro atoms. The smallest absolute Gasteiger partial charge is 0.123 e. The van der Waals surface area contributed by atoms with Gasteiger partial charge >= 0.3 is 0 Å². The van der Waals surface area contributed by atoms with Crippen molar-refractivity contribution in [3.8, 4) is 0 Å². The van der Waals surface area contributed by atoms with Crippen molar-refractivity contribution in [2.45, 2.75) is 26.3 Å². The molecule has 0 bridgehead atoms. The van der Waals surface area contributed by atoms with Gasteiger partial charge in [0.15, 0.2) is 0 Å². The van der Waals surface area contributed by atoms with Gasteiger partial charge in [0, 0.05) is 12.6 Å². The number of nitrogens with one attached hydrogen (secondary N) is 1. The van der Waals surface area contributed by atoms with E-state index in [1.807, 2.05) is 13.0 Å². The van der Waals surface area contributed by atoms with Crippen molar-refractivity contribution in [2.75, 3.05) is 19.8 Å². The van der Waals surface area contributed by atoms with Gasteiger partial charge in [0.25, 0.3) is 0 Å². The maximum absolute atomic E-state index is 13.1. The molecule has 0 aliphatic heterocycles. The Morgan fingerprint density at radius 2 is 2.28 bits per heavy atom. The maximum Gasteiger partial charge on any atom is 0.123 e. The molecule has 0 fully saturated rings. The summed E-state index contributed by atoms with van der Waals surface area (Å²) in [4.78, 5) is 0. The van der Waals surface area contributed by atoms with E-state index in [2.05, 4.69) is 18.8 Å². The molecule has 1 rings (SSSR count). The van der Waals surface area contributed by atoms with Crippen molar-refractivity contribution in [2.24, 2.45) is 0 Å². The Morgan fingerprint density at radius 1 is 1.50 bits per heavy atom. The summed E-state index contributed by atoms with van der Waals surface area (Å²) in [5, 5.41) is 3.37. The molecule has 0 saturated carbocycles. The molecule has 1 atom stereocenters. The quantitative estimate of drug-likeness (QED) is 0.564. The van der Waals surface area contributed by atoms with E-state index in [0.717, 1.165) is 24.1 Å². The van der Waals surface area contributed by atoms with Gasteiger partial charge in [-0.3, -0.25) is 0 Å². The van der Waals surface area contributed by atoms with Crippen LogP contribution in [0.15, 0.2) is 36.4 Å². The third-order valence-electron chi connectivity index (χ3n) is 2.64. The molecule has 100 valence electrons. The fraction of sp³-hybridized carbons (Fsp3) is 0.467. The van der Waals surface area contributed by atoms with Gasteiger partial charge in [0.1, 0.15) is 5.82 Å². The monoisotopic (exact) mass is 251 g/mol. The molecule has 3 heteroatoms. The number of halogens is 1. The lowest BCUT2D eigenvalue weighted by Crippen LogP contribution is -2.25. The number of rotatable bonds is 8. The molecule has 0 aliphatic carbocycles. The molecule has 1 aromatic rings. The highest BCUT2D eigenvalue weighted by Gasteiger charge is 2.08. The van der Waals surface area contributed by atoms with Crippen molar-refractivity contribution in [3.05, 3.63) is 47.8 Å². The Morgan fingerprint density at radius 3 is 2.89 bits per heavy atom. The molecule has 0 aliphatic rings. The molecule has 0 radical (unpaired) electrons. The highest BCUT2D eigenvalue weighted by Crippen LogP contribution is 2.16. The lowest BCUT2D eigenvalue weighted by Gasteiger charge is -2.17. The maximum atomic E-state index is 13.1. The fourth-order valence-corrected chi connectivity index (χ4v) is 1.77. The summed E-state index contributed by atoms with van der Waals surface area (Å²) in [7, 11) is 0. The normalized spacial score (nSPS) is 12.4. The van der Waals surface area contributed by atoms with Gasteiger partial charge in [-0.2, -0.15) is 0 Å². The van der Waals surface area contributed by atoms with Crippen LogP contribution < -0.4 is 5.32 Å². The van der Waals surface area contributed by atoms with E-state index < -0.39 is 0 Å². The zero-order valence-corrected chi connectivity index (χ0v) is 11.2. The average Bonchev–Trinajstić information content (AvgIpc) is 2.33. The first-order valence-electron chi connectivity index (χ1n) is 6.34. The zero-order valence-electron chi connectivity index (χ0n) is 11.2. The highest BCUT2D eigenvalue weighted by molar-refractivity contribution is 5.19. The van der Waals surface area contributed by atoms with E-state index in [1.54, 1.807) is 12.1 Å². The van der Waals surface area contributed by atoms with Crippen molar-refractivity contribution in [1.29, 1.82) is 0 Å².